The van der Waals surface area contributed by atoms with Crippen molar-refractivity contribution in [3.05, 3.63) is 0 Å². The molecule has 0 aromatic carbocycles. The maximum absolute atomic E-state index is 11.9. The Hall–Kier alpha value is -0.860. The summed E-state index contributed by atoms with van der Waals surface area (Å²) in [4.78, 5) is 11.3. The summed E-state index contributed by atoms with van der Waals surface area (Å²) in [6, 6.07) is 0. The molecule has 1 amide bonds. The lowest BCUT2D eigenvalue weighted by Gasteiger charge is -2.35. The molecule has 0 rings (SSSR count). The van der Waals surface area contributed by atoms with E-state index < -0.39 is 27.9 Å². The van der Waals surface area contributed by atoms with Crippen LogP contribution in [0.15, 0.2) is 0 Å². The molecule has 18 heavy (non-hydrogen) atoms. The van der Waals surface area contributed by atoms with Crippen molar-refractivity contribution in [1.82, 2.24) is 9.03 Å². The summed E-state index contributed by atoms with van der Waals surface area (Å²) in [7, 11) is -2.58. The lowest BCUT2D eigenvalue weighted by Crippen LogP contribution is -2.56. The van der Waals surface area contributed by atoms with Gasteiger partial charge in [0.25, 0.3) is 0 Å². The van der Waals surface area contributed by atoms with Gasteiger partial charge in [0.2, 0.25) is 0 Å². The minimum Gasteiger partial charge on any atom is -0.446 e. The first-order chi connectivity index (χ1) is 8.09. The van der Waals surface area contributed by atoms with Crippen LogP contribution in [-0.4, -0.2) is 44.1 Å². The van der Waals surface area contributed by atoms with E-state index in [1.807, 2.05) is 11.6 Å². The van der Waals surface area contributed by atoms with Crippen LogP contribution in [0.5, 0.6) is 0 Å². The fraction of sp³-hybridized carbons (Fsp3) is 0.900. The number of hydrogen-bond donors (Lipinski definition) is 2. The predicted octanol–water partition coefficient (Wildman–Crippen LogP) is 0.425. The summed E-state index contributed by atoms with van der Waals surface area (Å²) >= 11 is 0. The molecule has 0 aliphatic carbocycles. The van der Waals surface area contributed by atoms with Gasteiger partial charge < -0.3 is 10.5 Å². The molecule has 3 N–H and O–H groups in total. The molecule has 0 aromatic rings. The van der Waals surface area contributed by atoms with Crippen LogP contribution in [0.1, 0.15) is 34.1 Å². The number of hydrogen-bond acceptors (Lipinski definition) is 5. The molecule has 0 aromatic heterocycles. The van der Waals surface area contributed by atoms with Gasteiger partial charge >= 0.3 is 16.3 Å². The maximum Gasteiger partial charge on any atom is 0.422 e. The Morgan fingerprint density at radius 2 is 2.00 bits per heavy atom. The van der Waals surface area contributed by atoms with Gasteiger partial charge in [-0.3, -0.25) is 0 Å². The topological polar surface area (TPSA) is 102 Å². The molecule has 0 saturated carbocycles. The summed E-state index contributed by atoms with van der Waals surface area (Å²) in [6.45, 7) is 6.95. The Kier molecular flexibility index (Phi) is 6.05. The highest BCUT2D eigenvalue weighted by atomic mass is 32.2. The fourth-order valence-corrected chi connectivity index (χ4v) is 2.38. The molecule has 0 fully saturated rings. The van der Waals surface area contributed by atoms with Crippen molar-refractivity contribution in [2.24, 2.45) is 5.73 Å². The standard InChI is InChI=1S/C10H23N3O4S/c1-6-10(4,7-11)13(5)18(15,16)12-9(14)17-8(2)3/h8H,6-7,11H2,1-5H3,(H,12,14). The second-order valence-corrected chi connectivity index (χ2v) is 6.29. The van der Waals surface area contributed by atoms with Crippen LogP contribution in [0, 0.1) is 0 Å². The second-order valence-electron chi connectivity index (χ2n) is 4.58. The summed E-state index contributed by atoms with van der Waals surface area (Å²) in [5.74, 6) is 0. The van der Waals surface area contributed by atoms with E-state index in [1.165, 1.54) is 7.05 Å². The van der Waals surface area contributed by atoms with E-state index in [-0.39, 0.29) is 6.54 Å². The van der Waals surface area contributed by atoms with E-state index in [2.05, 4.69) is 0 Å². The van der Waals surface area contributed by atoms with Gasteiger partial charge in [0.15, 0.2) is 0 Å². The average molecular weight is 281 g/mol. The van der Waals surface area contributed by atoms with Crippen LogP contribution in [0.4, 0.5) is 4.79 Å². The Balaban J connectivity index is 4.89. The van der Waals surface area contributed by atoms with Gasteiger partial charge in [-0.15, -0.1) is 0 Å². The molecule has 8 heteroatoms. The minimum atomic E-state index is -3.96. The molecule has 0 spiro atoms. The van der Waals surface area contributed by atoms with E-state index in [9.17, 15) is 13.2 Å². The van der Waals surface area contributed by atoms with Crippen molar-refractivity contribution in [3.8, 4) is 0 Å². The monoisotopic (exact) mass is 281 g/mol. The largest absolute Gasteiger partial charge is 0.446 e. The Morgan fingerprint density at radius 1 is 1.50 bits per heavy atom. The molecule has 7 nitrogen and oxygen atoms in total. The van der Waals surface area contributed by atoms with E-state index in [0.717, 1.165) is 4.31 Å². The first kappa shape index (κ1) is 17.1. The predicted molar refractivity (Wildman–Crippen MR) is 69.2 cm³/mol. The molecule has 108 valence electrons. The quantitative estimate of drug-likeness (QED) is 0.735. The highest BCUT2D eigenvalue weighted by molar-refractivity contribution is 7.87. The summed E-state index contributed by atoms with van der Waals surface area (Å²) < 4.78 is 31.5. The molecule has 0 saturated heterocycles. The van der Waals surface area contributed by atoms with Crippen LogP contribution in [-0.2, 0) is 14.9 Å². The van der Waals surface area contributed by atoms with Crippen LogP contribution >= 0.6 is 0 Å². The molecule has 0 aliphatic heterocycles. The van der Waals surface area contributed by atoms with Gasteiger partial charge in [-0.1, -0.05) is 6.92 Å². The molecule has 0 bridgehead atoms. The first-order valence-electron chi connectivity index (χ1n) is 5.76. The van der Waals surface area contributed by atoms with Crippen LogP contribution in [0.2, 0.25) is 0 Å². The van der Waals surface area contributed by atoms with E-state index in [4.69, 9.17) is 10.5 Å². The van der Waals surface area contributed by atoms with Crippen molar-refractivity contribution in [1.29, 1.82) is 0 Å². The number of likely N-dealkylation sites (N-methyl/N-ethyl adjacent to an activating group) is 1. The summed E-state index contributed by atoms with van der Waals surface area (Å²) in [5, 5.41) is 0. The van der Waals surface area contributed by atoms with E-state index in [0.29, 0.717) is 6.42 Å². The number of ether oxygens (including phenoxy) is 1. The average Bonchev–Trinajstić information content (AvgIpc) is 2.25. The number of carbonyl (C=O) groups is 1. The maximum atomic E-state index is 11.9. The molecular weight excluding hydrogens is 258 g/mol. The number of carbonyl (C=O) groups excluding carboxylic acids is 1. The van der Waals surface area contributed by atoms with Gasteiger partial charge in [-0.25, -0.2) is 9.52 Å². The van der Waals surface area contributed by atoms with Crippen LogP contribution < -0.4 is 10.5 Å². The van der Waals surface area contributed by atoms with Gasteiger partial charge in [-0.05, 0) is 27.2 Å². The SMILES string of the molecule is CCC(C)(CN)N(C)S(=O)(=O)NC(=O)OC(C)C. The minimum absolute atomic E-state index is 0.153. The number of rotatable bonds is 6. The van der Waals surface area contributed by atoms with E-state index >= 15 is 0 Å². The molecule has 0 heterocycles. The smallest absolute Gasteiger partial charge is 0.422 e. The van der Waals surface area contributed by atoms with Crippen LogP contribution in [0.25, 0.3) is 0 Å². The molecule has 1 unspecified atom stereocenters. The molecule has 0 radical (unpaired) electrons. The second kappa shape index (κ2) is 6.35. The molecule has 0 aliphatic rings. The lowest BCUT2D eigenvalue weighted by atomic mass is 10.00. The third kappa shape index (κ3) is 4.43. The Labute approximate surface area is 109 Å². The summed E-state index contributed by atoms with van der Waals surface area (Å²) in [6.07, 6.45) is -0.856. The zero-order valence-corrected chi connectivity index (χ0v) is 12.4. The fourth-order valence-electron chi connectivity index (χ4n) is 1.20. The van der Waals surface area contributed by atoms with Crippen molar-refractivity contribution in [3.63, 3.8) is 0 Å². The number of nitrogens with zero attached hydrogens (tertiary/aromatic N) is 1. The number of amides is 1. The molecule has 1 atom stereocenters. The van der Waals surface area contributed by atoms with Crippen molar-refractivity contribution in [2.75, 3.05) is 13.6 Å². The zero-order chi connectivity index (χ0) is 14.6. The van der Waals surface area contributed by atoms with E-state index in [1.54, 1.807) is 20.8 Å². The van der Waals surface area contributed by atoms with Gasteiger partial charge in [0.05, 0.1) is 6.10 Å². The zero-order valence-electron chi connectivity index (χ0n) is 11.6. The number of nitrogens with two attached hydrogens (primary N) is 1. The highest BCUT2D eigenvalue weighted by Crippen LogP contribution is 2.18. The third-order valence-corrected chi connectivity index (χ3v) is 4.46. The lowest BCUT2D eigenvalue weighted by molar-refractivity contribution is 0.120. The third-order valence-electron chi connectivity index (χ3n) is 2.88. The van der Waals surface area contributed by atoms with Crippen molar-refractivity contribution < 1.29 is 17.9 Å². The normalized spacial score (nSPS) is 15.6. The molecular formula is C10H23N3O4S. The Bertz CT molecular complexity index is 377. The summed E-state index contributed by atoms with van der Waals surface area (Å²) in [5.41, 5.74) is 4.83. The number of nitrogens with one attached hydrogen (secondary N) is 1. The first-order valence-corrected chi connectivity index (χ1v) is 7.20. The van der Waals surface area contributed by atoms with Crippen molar-refractivity contribution in [2.45, 2.75) is 45.8 Å². The Morgan fingerprint density at radius 3 is 2.33 bits per heavy atom. The van der Waals surface area contributed by atoms with Gasteiger partial charge in [0.1, 0.15) is 0 Å². The van der Waals surface area contributed by atoms with Crippen molar-refractivity contribution >= 4 is 16.3 Å². The highest BCUT2D eigenvalue weighted by Gasteiger charge is 2.35. The van der Waals surface area contributed by atoms with Crippen LogP contribution in [0.3, 0.4) is 0 Å². The van der Waals surface area contributed by atoms with Gasteiger partial charge in [0, 0.05) is 19.1 Å². The van der Waals surface area contributed by atoms with Gasteiger partial charge in [-0.2, -0.15) is 12.7 Å².